The summed E-state index contributed by atoms with van der Waals surface area (Å²) in [6.07, 6.45) is 7.09. The number of nitrogens with two attached hydrogens (primary N) is 1. The normalized spacial score (nSPS) is 30.3. The van der Waals surface area contributed by atoms with E-state index in [1.165, 1.54) is 6.33 Å². The Morgan fingerprint density at radius 3 is 2.88 bits per heavy atom. The Hall–Kier alpha value is -2.12. The third-order valence-electron chi connectivity index (χ3n) is 5.11. The number of ether oxygens (including phenoxy) is 2. The number of amidine groups is 1. The third kappa shape index (κ3) is 2.33. The molecule has 6 nitrogen and oxygen atoms in total. The molecule has 1 fully saturated rings. The van der Waals surface area contributed by atoms with Gasteiger partial charge in [-0.2, -0.15) is 0 Å². The van der Waals surface area contributed by atoms with Crippen molar-refractivity contribution >= 4 is 16.9 Å². The first kappa shape index (κ1) is 15.2. The molecule has 128 valence electrons. The third-order valence-corrected chi connectivity index (χ3v) is 6.08. The zero-order valence-corrected chi connectivity index (χ0v) is 14.4. The quantitative estimate of drug-likeness (QED) is 0.846. The first-order chi connectivity index (χ1) is 12.3. The summed E-state index contributed by atoms with van der Waals surface area (Å²) in [5.41, 5.74) is 8.65. The van der Waals surface area contributed by atoms with Crippen molar-refractivity contribution in [2.75, 3.05) is 12.4 Å². The minimum atomic E-state index is -0.473. The molecule has 25 heavy (non-hydrogen) atoms. The molecule has 0 amide bonds. The van der Waals surface area contributed by atoms with Crippen LogP contribution in [0.2, 0.25) is 0 Å². The Labute approximate surface area is 149 Å². The molecule has 0 bridgehead atoms. The second-order valence-electron chi connectivity index (χ2n) is 6.59. The van der Waals surface area contributed by atoms with Crippen LogP contribution >= 0.6 is 11.8 Å². The summed E-state index contributed by atoms with van der Waals surface area (Å²) in [6.45, 7) is 0.744. The van der Waals surface area contributed by atoms with Crippen LogP contribution in [-0.2, 0) is 10.3 Å². The number of aliphatic imine (C=N–C) groups is 1. The van der Waals surface area contributed by atoms with Crippen molar-refractivity contribution in [3.63, 3.8) is 0 Å². The molecule has 1 aromatic heterocycles. The van der Waals surface area contributed by atoms with E-state index in [0.717, 1.165) is 47.6 Å². The van der Waals surface area contributed by atoms with E-state index in [1.807, 2.05) is 24.5 Å². The Morgan fingerprint density at radius 1 is 1.20 bits per heavy atom. The highest BCUT2D eigenvalue weighted by atomic mass is 32.2. The molecular weight excluding hydrogens is 336 g/mol. The molecule has 5 rings (SSSR count). The molecule has 1 saturated heterocycles. The highest BCUT2D eigenvalue weighted by Gasteiger charge is 2.54. The van der Waals surface area contributed by atoms with E-state index >= 15 is 0 Å². The van der Waals surface area contributed by atoms with Gasteiger partial charge in [0.05, 0.1) is 0 Å². The number of hydrogen-bond donors (Lipinski definition) is 1. The predicted molar refractivity (Wildman–Crippen MR) is 96.6 cm³/mol. The fourth-order valence-corrected chi connectivity index (χ4v) is 4.94. The predicted octanol–water partition coefficient (Wildman–Crippen LogP) is 2.34. The van der Waals surface area contributed by atoms with Gasteiger partial charge in [-0.25, -0.2) is 15.0 Å². The molecular formula is C18H18N4O2S. The van der Waals surface area contributed by atoms with Crippen LogP contribution in [0, 0.1) is 0 Å². The Kier molecular flexibility index (Phi) is 3.46. The number of hydrogen-bond acceptors (Lipinski definition) is 7. The van der Waals surface area contributed by atoms with E-state index in [4.69, 9.17) is 20.2 Å². The Morgan fingerprint density at radius 2 is 2.08 bits per heavy atom. The number of thioether (sulfide) groups is 1. The van der Waals surface area contributed by atoms with Gasteiger partial charge in [0.15, 0.2) is 5.17 Å². The van der Waals surface area contributed by atoms with Crippen molar-refractivity contribution in [1.29, 1.82) is 0 Å². The molecule has 3 atom stereocenters. The SMILES string of the molecule is NC1=NC2(CS1)c1cc(-c3cncnc3)ccc1O[C@H]1CCCO[C@@H]12. The average Bonchev–Trinajstić information content (AvgIpc) is 3.05. The second kappa shape index (κ2) is 5.71. The topological polar surface area (TPSA) is 82.6 Å². The van der Waals surface area contributed by atoms with Gasteiger partial charge in [-0.3, -0.25) is 0 Å². The van der Waals surface area contributed by atoms with Gasteiger partial charge < -0.3 is 15.2 Å². The van der Waals surface area contributed by atoms with Gasteiger partial charge >= 0.3 is 0 Å². The first-order valence-electron chi connectivity index (χ1n) is 8.42. The smallest absolute Gasteiger partial charge is 0.155 e. The van der Waals surface area contributed by atoms with Crippen LogP contribution in [0.25, 0.3) is 11.1 Å². The standard InChI is InChI=1S/C18H18N4O2S/c19-17-22-18(9-25-17)13-6-11(12-7-20-10-21-8-12)3-4-14(13)24-15-2-1-5-23-16(15)18/h3-4,6-8,10,15-16H,1-2,5,9H2,(H2,19,22)/t15-,16-,18?/m0/s1. The van der Waals surface area contributed by atoms with E-state index in [2.05, 4.69) is 16.0 Å². The lowest BCUT2D eigenvalue weighted by Gasteiger charge is -2.46. The van der Waals surface area contributed by atoms with Crippen molar-refractivity contribution in [3.05, 3.63) is 42.5 Å². The summed E-state index contributed by atoms with van der Waals surface area (Å²) >= 11 is 1.59. The van der Waals surface area contributed by atoms with E-state index in [9.17, 15) is 0 Å². The first-order valence-corrected chi connectivity index (χ1v) is 9.41. The van der Waals surface area contributed by atoms with E-state index in [-0.39, 0.29) is 12.2 Å². The van der Waals surface area contributed by atoms with E-state index in [1.54, 1.807) is 11.8 Å². The van der Waals surface area contributed by atoms with Crippen LogP contribution < -0.4 is 10.5 Å². The minimum absolute atomic E-state index is 0.0300. The number of benzene rings is 1. The van der Waals surface area contributed by atoms with Crippen LogP contribution in [0.1, 0.15) is 18.4 Å². The van der Waals surface area contributed by atoms with Gasteiger partial charge in [0.2, 0.25) is 0 Å². The zero-order chi connectivity index (χ0) is 16.9. The van der Waals surface area contributed by atoms with Crippen molar-refractivity contribution < 1.29 is 9.47 Å². The number of fused-ring (bicyclic) bond motifs is 4. The fourth-order valence-electron chi connectivity index (χ4n) is 3.96. The number of rotatable bonds is 1. The van der Waals surface area contributed by atoms with Crippen molar-refractivity contribution in [2.45, 2.75) is 30.6 Å². The monoisotopic (exact) mass is 354 g/mol. The highest BCUT2D eigenvalue weighted by molar-refractivity contribution is 8.14. The van der Waals surface area contributed by atoms with Gasteiger partial charge in [-0.05, 0) is 30.5 Å². The van der Waals surface area contributed by atoms with E-state index < -0.39 is 5.54 Å². The highest BCUT2D eigenvalue weighted by Crippen LogP contribution is 2.51. The van der Waals surface area contributed by atoms with Gasteiger partial charge in [0, 0.05) is 35.9 Å². The maximum atomic E-state index is 6.27. The largest absolute Gasteiger partial charge is 0.487 e. The molecule has 1 spiro atoms. The molecule has 4 heterocycles. The lowest BCUT2D eigenvalue weighted by atomic mass is 9.78. The van der Waals surface area contributed by atoms with Gasteiger partial charge in [-0.15, -0.1) is 0 Å². The van der Waals surface area contributed by atoms with Gasteiger partial charge in [0.1, 0.15) is 29.8 Å². The molecule has 0 radical (unpaired) electrons. The van der Waals surface area contributed by atoms with Crippen LogP contribution in [0.15, 0.2) is 41.9 Å². The minimum Gasteiger partial charge on any atom is -0.487 e. The summed E-state index contributed by atoms with van der Waals surface area (Å²) in [5.74, 6) is 1.66. The van der Waals surface area contributed by atoms with Crippen LogP contribution in [0.4, 0.5) is 0 Å². The van der Waals surface area contributed by atoms with Crippen molar-refractivity contribution in [2.24, 2.45) is 10.7 Å². The summed E-state index contributed by atoms with van der Waals surface area (Å²) in [5, 5.41) is 0.620. The second-order valence-corrected chi connectivity index (χ2v) is 7.59. The van der Waals surface area contributed by atoms with Crippen LogP contribution in [0.5, 0.6) is 5.75 Å². The summed E-state index contributed by atoms with van der Waals surface area (Å²) in [4.78, 5) is 13.1. The summed E-state index contributed by atoms with van der Waals surface area (Å²) in [7, 11) is 0. The average molecular weight is 354 g/mol. The maximum Gasteiger partial charge on any atom is 0.155 e. The molecule has 0 saturated carbocycles. The lowest BCUT2D eigenvalue weighted by Crippen LogP contribution is -2.55. The Balaban J connectivity index is 1.68. The van der Waals surface area contributed by atoms with Gasteiger partial charge in [0.25, 0.3) is 0 Å². The Bertz CT molecular complexity index is 844. The number of nitrogens with zero attached hydrogens (tertiary/aromatic N) is 3. The maximum absolute atomic E-state index is 6.27. The molecule has 3 aliphatic rings. The number of aromatic nitrogens is 2. The van der Waals surface area contributed by atoms with Crippen molar-refractivity contribution in [1.82, 2.24) is 9.97 Å². The molecule has 2 aromatic rings. The van der Waals surface area contributed by atoms with Gasteiger partial charge in [-0.1, -0.05) is 17.8 Å². The van der Waals surface area contributed by atoms with Crippen LogP contribution in [0.3, 0.4) is 0 Å². The van der Waals surface area contributed by atoms with Crippen molar-refractivity contribution in [3.8, 4) is 16.9 Å². The molecule has 2 N–H and O–H groups in total. The van der Waals surface area contributed by atoms with Crippen LogP contribution in [-0.4, -0.2) is 39.7 Å². The zero-order valence-electron chi connectivity index (χ0n) is 13.6. The molecule has 0 aliphatic carbocycles. The molecule has 7 heteroatoms. The molecule has 3 aliphatic heterocycles. The van der Waals surface area contributed by atoms with E-state index in [0.29, 0.717) is 5.17 Å². The fraction of sp³-hybridized carbons (Fsp3) is 0.389. The summed E-state index contributed by atoms with van der Waals surface area (Å²) < 4.78 is 12.4. The molecule has 1 aromatic carbocycles. The molecule has 1 unspecified atom stereocenters. The summed E-state index contributed by atoms with van der Waals surface area (Å²) in [6, 6.07) is 6.20. The lowest BCUT2D eigenvalue weighted by molar-refractivity contribution is -0.108.